The zero-order valence-electron chi connectivity index (χ0n) is 19.0. The Labute approximate surface area is 189 Å². The van der Waals surface area contributed by atoms with Gasteiger partial charge in [0.2, 0.25) is 0 Å². The third-order valence-electron chi connectivity index (χ3n) is 6.29. The van der Waals surface area contributed by atoms with E-state index in [0.29, 0.717) is 13.1 Å². The van der Waals surface area contributed by atoms with Crippen molar-refractivity contribution in [2.75, 3.05) is 6.54 Å². The normalized spacial score (nSPS) is 14.0. The summed E-state index contributed by atoms with van der Waals surface area (Å²) >= 11 is 0. The van der Waals surface area contributed by atoms with Gasteiger partial charge in [-0.15, -0.1) is 0 Å². The summed E-state index contributed by atoms with van der Waals surface area (Å²) < 4.78 is 2.72. The molecule has 168 valence electrons. The lowest BCUT2D eigenvalue weighted by Crippen LogP contribution is -2.37. The first kappa shape index (κ1) is 22.2. The second-order valence-corrected chi connectivity index (χ2v) is 8.59. The molecule has 0 spiro atoms. The molecular weight excluding hydrogens is 400 g/mol. The molecule has 0 bridgehead atoms. The number of benzene rings is 1. The molecule has 1 atom stereocenters. The van der Waals surface area contributed by atoms with E-state index in [-0.39, 0.29) is 11.6 Å². The predicted octanol–water partition coefficient (Wildman–Crippen LogP) is 3.78. The molecule has 3 aromatic rings. The third kappa shape index (κ3) is 4.75. The van der Waals surface area contributed by atoms with E-state index in [1.54, 1.807) is 12.4 Å². The summed E-state index contributed by atoms with van der Waals surface area (Å²) in [7, 11) is 0. The van der Waals surface area contributed by atoms with E-state index in [4.69, 9.17) is 4.98 Å². The zero-order chi connectivity index (χ0) is 22.5. The fraction of sp³-hybridized carbons (Fsp3) is 0.423. The van der Waals surface area contributed by atoms with Gasteiger partial charge in [-0.3, -0.25) is 14.3 Å². The van der Waals surface area contributed by atoms with Crippen LogP contribution in [0.4, 0.5) is 0 Å². The summed E-state index contributed by atoms with van der Waals surface area (Å²) in [5.74, 6) is 0.866. The van der Waals surface area contributed by atoms with E-state index < -0.39 is 0 Å². The molecule has 0 aliphatic heterocycles. The summed E-state index contributed by atoms with van der Waals surface area (Å²) in [5.41, 5.74) is 4.19. The van der Waals surface area contributed by atoms with Crippen LogP contribution in [0.15, 0.2) is 59.7 Å². The Morgan fingerprint density at radius 1 is 1.09 bits per heavy atom. The largest absolute Gasteiger partial charge is 0.619 e. The van der Waals surface area contributed by atoms with Crippen LogP contribution in [0.5, 0.6) is 0 Å². The molecule has 0 amide bonds. The van der Waals surface area contributed by atoms with E-state index >= 15 is 0 Å². The molecule has 1 aromatic carbocycles. The van der Waals surface area contributed by atoms with Gasteiger partial charge in [0.25, 0.3) is 5.56 Å². The Kier molecular flexibility index (Phi) is 7.00. The van der Waals surface area contributed by atoms with Gasteiger partial charge in [-0.1, -0.05) is 44.2 Å². The first-order chi connectivity index (χ1) is 15.6. The second kappa shape index (κ2) is 10.1. The van der Waals surface area contributed by atoms with Crippen LogP contribution in [-0.4, -0.2) is 21.0 Å². The van der Waals surface area contributed by atoms with Crippen molar-refractivity contribution in [1.29, 1.82) is 0 Å². The number of rotatable bonds is 9. The number of hydrogen-bond acceptors (Lipinski definition) is 4. The molecule has 1 unspecified atom stereocenters. The minimum absolute atomic E-state index is 0.0249. The maximum atomic E-state index is 13.5. The summed E-state index contributed by atoms with van der Waals surface area (Å²) in [6.45, 7) is 6.47. The monoisotopic (exact) mass is 432 g/mol. The van der Waals surface area contributed by atoms with Crippen molar-refractivity contribution in [1.82, 2.24) is 14.5 Å². The van der Waals surface area contributed by atoms with Crippen molar-refractivity contribution >= 4 is 0 Å². The van der Waals surface area contributed by atoms with E-state index in [1.807, 2.05) is 34.9 Å². The minimum atomic E-state index is 0.0249. The van der Waals surface area contributed by atoms with E-state index in [2.05, 4.69) is 30.9 Å². The molecule has 1 aliphatic carbocycles. The van der Waals surface area contributed by atoms with Crippen molar-refractivity contribution in [3.05, 3.63) is 98.6 Å². The Morgan fingerprint density at radius 2 is 1.84 bits per heavy atom. The second-order valence-electron chi connectivity index (χ2n) is 8.59. The van der Waals surface area contributed by atoms with Gasteiger partial charge in [0, 0.05) is 24.2 Å². The average molecular weight is 433 g/mol. The highest BCUT2D eigenvalue weighted by atomic mass is 16.5. The topological polar surface area (TPSA) is 65.1 Å². The van der Waals surface area contributed by atoms with Crippen molar-refractivity contribution in [3.63, 3.8) is 0 Å². The standard InChI is InChI=1S/C26H32N4O2/c1-3-15-28(18-21-13-16-29(32)17-14-21)24(4-2)25-27-23-12-8-11-22(23)26(31)30(25)19-20-9-6-5-7-10-20/h5-7,9-10,13-14,16-17,24H,3-4,8,11-12,15,18-19H2,1-2H3. The quantitative estimate of drug-likeness (QED) is 0.381. The molecule has 6 heteroatoms. The van der Waals surface area contributed by atoms with E-state index in [1.165, 1.54) is 0 Å². The number of pyridine rings is 1. The molecule has 2 heterocycles. The van der Waals surface area contributed by atoms with Gasteiger partial charge in [-0.2, -0.15) is 4.73 Å². The fourth-order valence-electron chi connectivity index (χ4n) is 4.74. The summed E-state index contributed by atoms with van der Waals surface area (Å²) in [6, 6.07) is 13.9. The summed E-state index contributed by atoms with van der Waals surface area (Å²) in [6.07, 6.45) is 7.65. The van der Waals surface area contributed by atoms with Gasteiger partial charge in [0.1, 0.15) is 5.82 Å². The number of nitrogens with zero attached hydrogens (tertiary/aromatic N) is 4. The molecule has 2 aromatic heterocycles. The van der Waals surface area contributed by atoms with Crippen LogP contribution in [0, 0.1) is 5.21 Å². The Balaban J connectivity index is 1.76. The summed E-state index contributed by atoms with van der Waals surface area (Å²) in [4.78, 5) is 21.1. The SMILES string of the molecule is CCCN(Cc1cc[n+]([O-])cc1)C(CC)c1nc2c(c(=O)n1Cc1ccccc1)CCC2. The maximum Gasteiger partial charge on any atom is 0.257 e. The van der Waals surface area contributed by atoms with Gasteiger partial charge in [0.15, 0.2) is 12.4 Å². The lowest BCUT2D eigenvalue weighted by molar-refractivity contribution is -0.605. The van der Waals surface area contributed by atoms with Crippen molar-refractivity contribution in [2.24, 2.45) is 0 Å². The molecular formula is C26H32N4O2. The Hall–Kier alpha value is -2.99. The number of aryl methyl sites for hydroxylation is 1. The molecule has 1 aliphatic rings. The van der Waals surface area contributed by atoms with Gasteiger partial charge in [0.05, 0.1) is 18.3 Å². The number of fused-ring (bicyclic) bond motifs is 1. The van der Waals surface area contributed by atoms with Crippen LogP contribution in [0.2, 0.25) is 0 Å². The van der Waals surface area contributed by atoms with Crippen LogP contribution in [0.25, 0.3) is 0 Å². The molecule has 4 rings (SSSR count). The minimum Gasteiger partial charge on any atom is -0.619 e. The molecule has 0 saturated heterocycles. The van der Waals surface area contributed by atoms with Crippen LogP contribution in [-0.2, 0) is 25.9 Å². The van der Waals surface area contributed by atoms with Crippen molar-refractivity contribution in [3.8, 4) is 0 Å². The van der Waals surface area contributed by atoms with Crippen molar-refractivity contribution < 1.29 is 4.73 Å². The third-order valence-corrected chi connectivity index (χ3v) is 6.29. The number of hydrogen-bond donors (Lipinski definition) is 0. The molecule has 0 radical (unpaired) electrons. The highest BCUT2D eigenvalue weighted by Gasteiger charge is 2.28. The van der Waals surface area contributed by atoms with Gasteiger partial charge in [-0.05, 0) is 49.8 Å². The molecule has 0 fully saturated rings. The van der Waals surface area contributed by atoms with Gasteiger partial charge >= 0.3 is 0 Å². The summed E-state index contributed by atoms with van der Waals surface area (Å²) in [5, 5.41) is 11.5. The van der Waals surface area contributed by atoms with Crippen LogP contribution >= 0.6 is 0 Å². The van der Waals surface area contributed by atoms with Gasteiger partial charge < -0.3 is 5.21 Å². The Morgan fingerprint density at radius 3 is 2.53 bits per heavy atom. The van der Waals surface area contributed by atoms with Crippen molar-refractivity contribution in [2.45, 2.75) is 65.1 Å². The highest BCUT2D eigenvalue weighted by Crippen LogP contribution is 2.27. The fourth-order valence-corrected chi connectivity index (χ4v) is 4.74. The highest BCUT2D eigenvalue weighted by molar-refractivity contribution is 5.26. The first-order valence-electron chi connectivity index (χ1n) is 11.7. The smallest absolute Gasteiger partial charge is 0.257 e. The molecule has 32 heavy (non-hydrogen) atoms. The zero-order valence-corrected chi connectivity index (χ0v) is 19.0. The van der Waals surface area contributed by atoms with E-state index in [0.717, 1.165) is 71.6 Å². The average Bonchev–Trinajstić information content (AvgIpc) is 3.28. The predicted molar refractivity (Wildman–Crippen MR) is 125 cm³/mol. The van der Waals surface area contributed by atoms with E-state index in [9.17, 15) is 10.0 Å². The Bertz CT molecular complexity index is 1090. The maximum absolute atomic E-state index is 13.5. The van der Waals surface area contributed by atoms with Crippen LogP contribution < -0.4 is 10.3 Å². The van der Waals surface area contributed by atoms with Crippen LogP contribution in [0.1, 0.15) is 67.4 Å². The van der Waals surface area contributed by atoms with Crippen LogP contribution in [0.3, 0.4) is 0 Å². The number of aromatic nitrogens is 3. The first-order valence-corrected chi connectivity index (χ1v) is 11.7. The van der Waals surface area contributed by atoms with Gasteiger partial charge in [-0.25, -0.2) is 4.98 Å². The molecule has 0 N–H and O–H groups in total. The lowest BCUT2D eigenvalue weighted by Gasteiger charge is -2.32. The molecule has 0 saturated carbocycles. The molecule has 6 nitrogen and oxygen atoms in total. The lowest BCUT2D eigenvalue weighted by atomic mass is 10.1.